The Balaban J connectivity index is 0.00000210. The third-order valence-electron chi connectivity index (χ3n) is 8.88. The molecule has 294 valence electrons. The van der Waals surface area contributed by atoms with Gasteiger partial charge in [0.05, 0.1) is 12.1 Å². The summed E-state index contributed by atoms with van der Waals surface area (Å²) in [5.74, 6) is -1.61. The van der Waals surface area contributed by atoms with E-state index >= 15 is 0 Å². The quantitative estimate of drug-likeness (QED) is 0.165. The molecule has 52 heavy (non-hydrogen) atoms. The van der Waals surface area contributed by atoms with Gasteiger partial charge in [-0.3, -0.25) is 33.8 Å². The van der Waals surface area contributed by atoms with Crippen LogP contribution in [0, 0.1) is 16.7 Å². The molecule has 5 amide bonds. The molecule has 0 spiro atoms. The Hall–Kier alpha value is -3.94. The van der Waals surface area contributed by atoms with Crippen molar-refractivity contribution in [2.75, 3.05) is 40.8 Å². The van der Waals surface area contributed by atoms with Gasteiger partial charge in [0.1, 0.15) is 12.1 Å². The predicted octanol–water partition coefficient (Wildman–Crippen LogP) is 2.84. The fourth-order valence-corrected chi connectivity index (χ4v) is 5.75. The molecule has 2 fully saturated rings. The zero-order chi connectivity index (χ0) is 39.8. The number of hydrogen-bond donors (Lipinski definition) is 4. The van der Waals surface area contributed by atoms with Gasteiger partial charge in [-0.05, 0) is 56.5 Å². The lowest BCUT2D eigenvalue weighted by Gasteiger charge is -2.38. The Kier molecular flexibility index (Phi) is 19.1. The van der Waals surface area contributed by atoms with E-state index in [2.05, 4.69) is 40.1 Å². The lowest BCUT2D eigenvalue weighted by molar-refractivity contribution is -0.142. The van der Waals surface area contributed by atoms with Crippen molar-refractivity contribution in [3.63, 3.8) is 0 Å². The monoisotopic (exact) mass is 731 g/mol. The summed E-state index contributed by atoms with van der Waals surface area (Å²) < 4.78 is 0. The van der Waals surface area contributed by atoms with Gasteiger partial charge >= 0.3 is 6.03 Å². The highest BCUT2D eigenvalue weighted by Crippen LogP contribution is 2.34. The van der Waals surface area contributed by atoms with Gasteiger partial charge in [-0.2, -0.15) is 0 Å². The summed E-state index contributed by atoms with van der Waals surface area (Å²) in [6, 6.07) is -3.88. The van der Waals surface area contributed by atoms with Gasteiger partial charge in [0, 0.05) is 44.0 Å². The third-order valence-corrected chi connectivity index (χ3v) is 8.88. The van der Waals surface area contributed by atoms with Crippen LogP contribution < -0.4 is 21.3 Å². The summed E-state index contributed by atoms with van der Waals surface area (Å²) in [5, 5.41) is 11.2. The predicted molar refractivity (Wildman–Crippen MR) is 203 cm³/mol. The second-order valence-corrected chi connectivity index (χ2v) is 16.0. The van der Waals surface area contributed by atoms with Crippen molar-refractivity contribution in [2.45, 2.75) is 125 Å². The Morgan fingerprint density at radius 3 is 2.06 bits per heavy atom. The molecule has 0 aromatic rings. The molecule has 4 N–H and O–H groups in total. The number of allylic oxidation sites excluding steroid dienone is 1. The first-order chi connectivity index (χ1) is 24.3. The maximum absolute atomic E-state index is 14.0. The highest BCUT2D eigenvalue weighted by molar-refractivity contribution is 6.28. The number of rotatable bonds is 13. The van der Waals surface area contributed by atoms with Crippen LogP contribution >= 0.6 is 0 Å². The summed E-state index contributed by atoms with van der Waals surface area (Å²) in [6.07, 6.45) is 7.11. The molecule has 0 aromatic heterocycles. The number of likely N-dealkylation sites (N-methyl/N-ethyl adjacent to an activating group) is 1. The first-order valence-corrected chi connectivity index (χ1v) is 18.5. The molecule has 1 saturated heterocycles. The highest BCUT2D eigenvalue weighted by Gasteiger charge is 2.43. The second-order valence-electron chi connectivity index (χ2n) is 16.0. The van der Waals surface area contributed by atoms with Crippen molar-refractivity contribution in [3.05, 3.63) is 11.1 Å². The lowest BCUT2D eigenvalue weighted by atomic mass is 9.85. The Labute approximate surface area is 310 Å². The van der Waals surface area contributed by atoms with Crippen molar-refractivity contribution in [1.29, 1.82) is 0 Å². The van der Waals surface area contributed by atoms with Crippen LogP contribution in [0.25, 0.3) is 0 Å². The van der Waals surface area contributed by atoms with Gasteiger partial charge in [-0.25, -0.2) is 4.79 Å². The first kappa shape index (κ1) is 46.1. The van der Waals surface area contributed by atoms with E-state index in [9.17, 15) is 33.6 Å². The number of amides is 5. The Morgan fingerprint density at radius 2 is 1.56 bits per heavy atom. The molecule has 0 aromatic carbocycles. The number of likely N-dealkylation sites (tertiary alicyclic amines) is 1. The Bertz CT molecular complexity index is 1310. The molecular formula is C38H65N7O7. The van der Waals surface area contributed by atoms with Crippen LogP contribution in [0.3, 0.4) is 0 Å². The van der Waals surface area contributed by atoms with Crippen molar-refractivity contribution >= 4 is 48.3 Å². The molecule has 3 rings (SSSR count). The minimum Gasteiger partial charge on any atom is -0.344 e. The van der Waals surface area contributed by atoms with Gasteiger partial charge in [0.15, 0.2) is 12.6 Å². The third kappa shape index (κ3) is 14.6. The molecule has 4 unspecified atom stereocenters. The molecule has 0 radical (unpaired) electrons. The molecule has 3 aliphatic rings. The lowest BCUT2D eigenvalue weighted by Crippen LogP contribution is -2.61. The zero-order valence-corrected chi connectivity index (χ0v) is 33.4. The number of aliphatic imine (C=N–C) groups is 1. The first-order valence-electron chi connectivity index (χ1n) is 18.5. The number of ketones is 1. The van der Waals surface area contributed by atoms with Crippen LogP contribution in [0.15, 0.2) is 16.1 Å². The van der Waals surface area contributed by atoms with E-state index in [4.69, 9.17) is 0 Å². The second kappa shape index (κ2) is 21.6. The van der Waals surface area contributed by atoms with Crippen molar-refractivity contribution in [3.8, 4) is 0 Å². The van der Waals surface area contributed by atoms with Crippen LogP contribution in [0.4, 0.5) is 4.79 Å². The molecule has 2 heterocycles. The maximum Gasteiger partial charge on any atom is 0.315 e. The number of nitrogens with one attached hydrogen (secondary N) is 4. The van der Waals surface area contributed by atoms with Gasteiger partial charge in [-0.15, -0.1) is 0 Å². The minimum absolute atomic E-state index is 0.145. The summed E-state index contributed by atoms with van der Waals surface area (Å²) in [4.78, 5) is 95.9. The van der Waals surface area contributed by atoms with Crippen molar-refractivity contribution < 1.29 is 33.6 Å². The van der Waals surface area contributed by atoms with Gasteiger partial charge in [-0.1, -0.05) is 74.7 Å². The number of carbonyl (C=O) groups is 7. The van der Waals surface area contributed by atoms with Crippen molar-refractivity contribution in [2.24, 2.45) is 21.7 Å². The summed E-state index contributed by atoms with van der Waals surface area (Å²) in [5.41, 5.74) is -0.599. The van der Waals surface area contributed by atoms with E-state index in [1.165, 1.54) is 22.4 Å². The van der Waals surface area contributed by atoms with Crippen molar-refractivity contribution in [1.82, 2.24) is 31.1 Å². The smallest absolute Gasteiger partial charge is 0.315 e. The fraction of sp³-hybridized carbons (Fsp3) is 0.737. The van der Waals surface area contributed by atoms with Crippen LogP contribution in [-0.2, 0) is 28.8 Å². The van der Waals surface area contributed by atoms with E-state index in [1.54, 1.807) is 7.05 Å². The number of nitrogens with zero attached hydrogens (tertiary/aromatic N) is 3. The number of carbonyl (C=O) groups excluding carboxylic acids is 7. The molecule has 2 aliphatic heterocycles. The summed E-state index contributed by atoms with van der Waals surface area (Å²) in [6.45, 7) is 16.3. The summed E-state index contributed by atoms with van der Waals surface area (Å²) >= 11 is 0. The van der Waals surface area contributed by atoms with Crippen LogP contribution in [-0.4, -0.2) is 123 Å². The van der Waals surface area contributed by atoms with Gasteiger partial charge in [0.25, 0.3) is 0 Å². The molecule has 1 saturated carbocycles. The fourth-order valence-electron chi connectivity index (χ4n) is 5.75. The molecule has 4 atom stereocenters. The van der Waals surface area contributed by atoms with E-state index in [1.807, 2.05) is 55.6 Å². The number of Topliss-reactive ketones (excluding diaryl/α,β-unsaturated/α-hetero) is 1. The zero-order valence-electron chi connectivity index (χ0n) is 33.4. The number of aldehydes is 2. The highest BCUT2D eigenvalue weighted by atomic mass is 16.2. The molecule has 1 aliphatic carbocycles. The van der Waals surface area contributed by atoms with Gasteiger partial charge < -0.3 is 31.1 Å². The van der Waals surface area contributed by atoms with Crippen LogP contribution in [0.1, 0.15) is 100 Å². The van der Waals surface area contributed by atoms with E-state index in [0.29, 0.717) is 56.5 Å². The molecule has 0 bridgehead atoms. The average Bonchev–Trinajstić information content (AvgIpc) is 3.76. The maximum atomic E-state index is 14.0. The van der Waals surface area contributed by atoms with Crippen LogP contribution in [0.2, 0.25) is 0 Å². The Morgan fingerprint density at radius 1 is 0.962 bits per heavy atom. The summed E-state index contributed by atoms with van der Waals surface area (Å²) in [7, 11) is 5.36. The molecule has 14 heteroatoms. The van der Waals surface area contributed by atoms with Crippen LogP contribution in [0.5, 0.6) is 0 Å². The molecule has 14 nitrogen and oxygen atoms in total. The average molecular weight is 732 g/mol. The number of dihydropyridines is 1. The SMILES string of the molecule is CCC.CN(CC(NC(=O)NC(C(=O)N1CCCC1C(=O)NC(CC1CC1)C(=O)C=O)C(C)(C)C)C(C)(C)C)C(=O)C1=C(C=O)C=NCC1.CNC. The standard InChI is InChI=1S/C33H50N6O7.C3H8.C2H7N/c1-32(2,3)26(17-38(7)29(44)22-12-13-34-16-21(22)18-40)36-31(46)37-27(33(4,5)6)30(45)39-14-8-9-24(39)28(43)35-23(25(42)19-41)15-20-10-11-20;2*1-3-2/h16,18-20,23-24,26-27H,8-15,17H2,1-7H3,(H,35,43)(H2,36,37,46);3H2,1-2H3;3H,1-2H3. The number of hydrogen-bond acceptors (Lipinski definition) is 9. The molecular weight excluding hydrogens is 666 g/mol. The van der Waals surface area contributed by atoms with Gasteiger partial charge in [0.2, 0.25) is 23.5 Å². The number of urea groups is 1. The topological polar surface area (TPSA) is 186 Å². The largest absolute Gasteiger partial charge is 0.344 e. The van der Waals surface area contributed by atoms with E-state index in [0.717, 1.165) is 12.8 Å². The normalized spacial score (nSPS) is 18.7. The van der Waals surface area contributed by atoms with E-state index < -0.39 is 58.6 Å². The van der Waals surface area contributed by atoms with E-state index in [-0.39, 0.29) is 24.3 Å². The minimum atomic E-state index is -0.999.